The third-order valence-corrected chi connectivity index (χ3v) is 5.17. The first-order valence-corrected chi connectivity index (χ1v) is 7.26. The number of hydrogen-bond acceptors (Lipinski definition) is 2. The fraction of sp³-hybridized carbons (Fsp3) is 0.929. The Hall–Kier alpha value is -0.570. The minimum absolute atomic E-state index is 0.407. The van der Waals surface area contributed by atoms with Crippen LogP contribution in [0.4, 0.5) is 0 Å². The Morgan fingerprint density at radius 1 is 1.12 bits per heavy atom. The van der Waals surface area contributed by atoms with E-state index in [0.29, 0.717) is 17.2 Å². The third kappa shape index (κ3) is 2.35. The van der Waals surface area contributed by atoms with Gasteiger partial charge < -0.3 is 10.2 Å². The summed E-state index contributed by atoms with van der Waals surface area (Å²) in [6.45, 7) is 4.14. The number of nitrogens with zero attached hydrogens (tertiary/aromatic N) is 1. The van der Waals surface area contributed by atoms with Gasteiger partial charge in [0.25, 0.3) is 0 Å². The van der Waals surface area contributed by atoms with E-state index in [-0.39, 0.29) is 0 Å². The largest absolute Gasteiger partial charge is 0.343 e. The first kappa shape index (κ1) is 11.5. The monoisotopic (exact) mass is 236 g/mol. The molecule has 3 fully saturated rings. The Balaban J connectivity index is 1.48. The summed E-state index contributed by atoms with van der Waals surface area (Å²) in [6.07, 6.45) is 8.98. The van der Waals surface area contributed by atoms with Gasteiger partial charge in [-0.15, -0.1) is 0 Å². The molecule has 0 aromatic carbocycles. The maximum Gasteiger partial charge on any atom is 0.222 e. The van der Waals surface area contributed by atoms with Crippen LogP contribution in [0, 0.1) is 11.3 Å². The molecule has 2 heterocycles. The SMILES string of the molecule is O=C(CC1CNC1)N1CCC2(CCCC2)CC1. The summed E-state index contributed by atoms with van der Waals surface area (Å²) in [6, 6.07) is 0. The molecular formula is C14H24N2O. The molecule has 0 atom stereocenters. The zero-order valence-electron chi connectivity index (χ0n) is 10.7. The predicted molar refractivity (Wildman–Crippen MR) is 67.7 cm³/mol. The normalized spacial score (nSPS) is 28.4. The summed E-state index contributed by atoms with van der Waals surface area (Å²) in [5.74, 6) is 1.02. The Morgan fingerprint density at radius 2 is 1.76 bits per heavy atom. The molecular weight excluding hydrogens is 212 g/mol. The van der Waals surface area contributed by atoms with Crippen molar-refractivity contribution in [2.24, 2.45) is 11.3 Å². The van der Waals surface area contributed by atoms with Crippen molar-refractivity contribution >= 4 is 5.91 Å². The lowest BCUT2D eigenvalue weighted by molar-refractivity contribution is -0.134. The fourth-order valence-electron chi connectivity index (χ4n) is 3.72. The quantitative estimate of drug-likeness (QED) is 0.792. The third-order valence-electron chi connectivity index (χ3n) is 5.17. The number of carbonyl (C=O) groups is 1. The van der Waals surface area contributed by atoms with Crippen molar-refractivity contribution < 1.29 is 4.79 Å². The average molecular weight is 236 g/mol. The molecule has 0 radical (unpaired) electrons. The maximum absolute atomic E-state index is 12.1. The van der Waals surface area contributed by atoms with Gasteiger partial charge in [0.1, 0.15) is 0 Å². The Morgan fingerprint density at radius 3 is 2.29 bits per heavy atom. The highest BCUT2D eigenvalue weighted by atomic mass is 16.2. The Labute approximate surface area is 104 Å². The summed E-state index contributed by atoms with van der Waals surface area (Å²) in [5.41, 5.74) is 0.634. The molecule has 3 heteroatoms. The molecule has 1 spiro atoms. The highest BCUT2D eigenvalue weighted by molar-refractivity contribution is 5.76. The van der Waals surface area contributed by atoms with Crippen molar-refractivity contribution in [3.63, 3.8) is 0 Å². The van der Waals surface area contributed by atoms with Gasteiger partial charge in [0.2, 0.25) is 5.91 Å². The first-order chi connectivity index (χ1) is 8.27. The van der Waals surface area contributed by atoms with Crippen LogP contribution >= 0.6 is 0 Å². The molecule has 2 saturated heterocycles. The van der Waals surface area contributed by atoms with Crippen molar-refractivity contribution in [1.29, 1.82) is 0 Å². The van der Waals surface area contributed by atoms with Crippen LogP contribution < -0.4 is 5.32 Å². The number of carbonyl (C=O) groups excluding carboxylic acids is 1. The second-order valence-corrected chi connectivity index (χ2v) is 6.32. The zero-order valence-corrected chi connectivity index (χ0v) is 10.7. The lowest BCUT2D eigenvalue weighted by atomic mass is 9.77. The van der Waals surface area contributed by atoms with E-state index in [0.717, 1.165) is 32.6 Å². The van der Waals surface area contributed by atoms with E-state index in [1.165, 1.54) is 38.5 Å². The molecule has 0 aromatic rings. The van der Waals surface area contributed by atoms with E-state index < -0.39 is 0 Å². The predicted octanol–water partition coefficient (Wildman–Crippen LogP) is 1.78. The van der Waals surface area contributed by atoms with Gasteiger partial charge in [-0.3, -0.25) is 4.79 Å². The summed E-state index contributed by atoms with van der Waals surface area (Å²) in [7, 11) is 0. The highest BCUT2D eigenvalue weighted by Crippen LogP contribution is 2.46. The number of rotatable bonds is 2. The van der Waals surface area contributed by atoms with E-state index in [4.69, 9.17) is 0 Å². The average Bonchev–Trinajstić information content (AvgIpc) is 2.73. The van der Waals surface area contributed by atoms with Crippen molar-refractivity contribution in [3.8, 4) is 0 Å². The maximum atomic E-state index is 12.1. The van der Waals surface area contributed by atoms with Crippen LogP contribution in [0.5, 0.6) is 0 Å². The molecule has 0 unspecified atom stereocenters. The van der Waals surface area contributed by atoms with Crippen molar-refractivity contribution in [1.82, 2.24) is 10.2 Å². The van der Waals surface area contributed by atoms with Crippen LogP contribution in [0.3, 0.4) is 0 Å². The van der Waals surface area contributed by atoms with Crippen LogP contribution in [0.25, 0.3) is 0 Å². The van der Waals surface area contributed by atoms with E-state index in [9.17, 15) is 4.79 Å². The van der Waals surface area contributed by atoms with Gasteiger partial charge in [-0.25, -0.2) is 0 Å². The second-order valence-electron chi connectivity index (χ2n) is 6.32. The van der Waals surface area contributed by atoms with Gasteiger partial charge in [-0.05, 0) is 50.1 Å². The second kappa shape index (κ2) is 4.60. The van der Waals surface area contributed by atoms with Gasteiger partial charge in [-0.1, -0.05) is 12.8 Å². The fourth-order valence-corrected chi connectivity index (χ4v) is 3.72. The number of likely N-dealkylation sites (tertiary alicyclic amines) is 1. The van der Waals surface area contributed by atoms with Gasteiger partial charge in [0.15, 0.2) is 0 Å². The summed E-state index contributed by atoms with van der Waals surface area (Å²) >= 11 is 0. The molecule has 3 rings (SSSR count). The molecule has 3 nitrogen and oxygen atoms in total. The van der Waals surface area contributed by atoms with E-state index >= 15 is 0 Å². The Bertz CT molecular complexity index is 283. The first-order valence-electron chi connectivity index (χ1n) is 7.26. The van der Waals surface area contributed by atoms with Crippen LogP contribution in [0.2, 0.25) is 0 Å². The minimum Gasteiger partial charge on any atom is -0.343 e. The summed E-state index contributed by atoms with van der Waals surface area (Å²) in [4.78, 5) is 14.2. The van der Waals surface area contributed by atoms with Gasteiger partial charge >= 0.3 is 0 Å². The van der Waals surface area contributed by atoms with Gasteiger partial charge in [0, 0.05) is 19.5 Å². The molecule has 1 N–H and O–H groups in total. The molecule has 3 aliphatic rings. The van der Waals surface area contributed by atoms with Gasteiger partial charge in [-0.2, -0.15) is 0 Å². The van der Waals surface area contributed by atoms with Crippen LogP contribution in [0.1, 0.15) is 44.9 Å². The number of nitrogens with one attached hydrogen (secondary N) is 1. The highest BCUT2D eigenvalue weighted by Gasteiger charge is 2.38. The molecule has 1 amide bonds. The van der Waals surface area contributed by atoms with Crippen molar-refractivity contribution in [3.05, 3.63) is 0 Å². The Kier molecular flexibility index (Phi) is 3.12. The molecule has 2 aliphatic heterocycles. The van der Waals surface area contributed by atoms with Gasteiger partial charge in [0.05, 0.1) is 0 Å². The number of piperidine rings is 1. The standard InChI is InChI=1S/C14H24N2O/c17-13(9-12-10-15-11-12)16-7-5-14(6-8-16)3-1-2-4-14/h12,15H,1-11H2. The molecule has 0 aromatic heterocycles. The lowest BCUT2D eigenvalue weighted by Crippen LogP contribution is -2.47. The van der Waals surface area contributed by atoms with Crippen LogP contribution in [-0.4, -0.2) is 37.0 Å². The topological polar surface area (TPSA) is 32.3 Å². The molecule has 17 heavy (non-hydrogen) atoms. The van der Waals surface area contributed by atoms with E-state index in [1.807, 2.05) is 0 Å². The van der Waals surface area contributed by atoms with Crippen LogP contribution in [0.15, 0.2) is 0 Å². The smallest absolute Gasteiger partial charge is 0.222 e. The molecule has 0 bridgehead atoms. The lowest BCUT2D eigenvalue weighted by Gasteiger charge is -2.40. The minimum atomic E-state index is 0.407. The zero-order chi connectivity index (χ0) is 11.7. The van der Waals surface area contributed by atoms with Crippen molar-refractivity contribution in [2.45, 2.75) is 44.9 Å². The van der Waals surface area contributed by atoms with E-state index in [1.54, 1.807) is 0 Å². The van der Waals surface area contributed by atoms with Crippen molar-refractivity contribution in [2.75, 3.05) is 26.2 Å². The molecule has 1 saturated carbocycles. The summed E-state index contributed by atoms with van der Waals surface area (Å²) in [5, 5.41) is 3.24. The number of amides is 1. The summed E-state index contributed by atoms with van der Waals surface area (Å²) < 4.78 is 0. The molecule has 96 valence electrons. The number of hydrogen-bond donors (Lipinski definition) is 1. The van der Waals surface area contributed by atoms with E-state index in [2.05, 4.69) is 10.2 Å². The molecule has 1 aliphatic carbocycles. The van der Waals surface area contributed by atoms with Crippen LogP contribution in [-0.2, 0) is 4.79 Å².